The second-order valence-electron chi connectivity index (χ2n) is 4.33. The number of hydrogen-bond donors (Lipinski definition) is 1. The minimum absolute atomic E-state index is 0.180. The molecule has 0 fully saturated rings. The molecule has 0 aliphatic carbocycles. The molecule has 6 heteroatoms. The van der Waals surface area contributed by atoms with Gasteiger partial charge in [0.25, 0.3) is 0 Å². The van der Waals surface area contributed by atoms with Gasteiger partial charge in [-0.2, -0.15) is 8.78 Å². The lowest BCUT2D eigenvalue weighted by Gasteiger charge is -2.19. The highest BCUT2D eigenvalue weighted by Crippen LogP contribution is 2.25. The van der Waals surface area contributed by atoms with Crippen molar-refractivity contribution in [2.24, 2.45) is 0 Å². The van der Waals surface area contributed by atoms with Crippen LogP contribution in [0.1, 0.15) is 12.0 Å². The molecule has 0 amide bonds. The van der Waals surface area contributed by atoms with Gasteiger partial charge in [-0.05, 0) is 51.8 Å². The van der Waals surface area contributed by atoms with Gasteiger partial charge in [0.15, 0.2) is 0 Å². The van der Waals surface area contributed by atoms with Crippen molar-refractivity contribution in [2.45, 2.75) is 19.6 Å². The summed E-state index contributed by atoms with van der Waals surface area (Å²) in [4.78, 5) is 2.04. The highest BCUT2D eigenvalue weighted by Gasteiger charge is 2.11. The zero-order chi connectivity index (χ0) is 14.3. The molecule has 0 heterocycles. The Morgan fingerprint density at radius 2 is 2.16 bits per heavy atom. The lowest BCUT2D eigenvalue weighted by molar-refractivity contribution is -0.0507. The van der Waals surface area contributed by atoms with E-state index >= 15 is 0 Å². The van der Waals surface area contributed by atoms with Crippen LogP contribution in [0.25, 0.3) is 0 Å². The first-order chi connectivity index (χ1) is 9.02. The average Bonchev–Trinajstić information content (AvgIpc) is 2.32. The fourth-order valence-corrected chi connectivity index (χ4v) is 1.97. The monoisotopic (exact) mass is 292 g/mol. The summed E-state index contributed by atoms with van der Waals surface area (Å²) in [5.41, 5.74) is 0.666. The van der Waals surface area contributed by atoms with E-state index < -0.39 is 6.61 Å². The van der Waals surface area contributed by atoms with E-state index in [0.717, 1.165) is 19.5 Å². The summed E-state index contributed by atoms with van der Waals surface area (Å²) in [7, 11) is 3.83. The Morgan fingerprint density at radius 1 is 1.42 bits per heavy atom. The van der Waals surface area contributed by atoms with Crippen molar-refractivity contribution in [3.8, 4) is 5.75 Å². The molecule has 0 bridgehead atoms. The van der Waals surface area contributed by atoms with Crippen LogP contribution >= 0.6 is 11.6 Å². The summed E-state index contributed by atoms with van der Waals surface area (Å²) in [6, 6.07) is 4.68. The maximum absolute atomic E-state index is 12.3. The van der Waals surface area contributed by atoms with E-state index in [1.54, 1.807) is 12.1 Å². The molecule has 1 rings (SSSR count). The molecular formula is C13H19ClF2N2O. The standard InChI is InChI=1S/C13H19ClF2N2O/c1-17-6-3-7-18(2)9-10-8-11(14)4-5-12(10)19-13(15)16/h4-5,8,13,17H,3,6-7,9H2,1-2H3. The third-order valence-electron chi connectivity index (χ3n) is 2.65. The van der Waals surface area contributed by atoms with E-state index in [9.17, 15) is 8.78 Å². The number of alkyl halides is 2. The number of halogens is 3. The van der Waals surface area contributed by atoms with Crippen LogP contribution < -0.4 is 10.1 Å². The Kier molecular flexibility index (Phi) is 7.05. The molecule has 0 atom stereocenters. The first kappa shape index (κ1) is 16.1. The van der Waals surface area contributed by atoms with Crippen LogP contribution in [0.3, 0.4) is 0 Å². The average molecular weight is 293 g/mol. The van der Waals surface area contributed by atoms with E-state index in [-0.39, 0.29) is 5.75 Å². The fraction of sp³-hybridized carbons (Fsp3) is 0.538. The summed E-state index contributed by atoms with van der Waals surface area (Å²) in [6.07, 6.45) is 0.985. The Hall–Kier alpha value is -0.910. The predicted octanol–water partition coefficient (Wildman–Crippen LogP) is 2.98. The molecule has 0 saturated heterocycles. The molecule has 3 nitrogen and oxygen atoms in total. The summed E-state index contributed by atoms with van der Waals surface area (Å²) in [5, 5.41) is 3.58. The first-order valence-corrected chi connectivity index (χ1v) is 6.47. The van der Waals surface area contributed by atoms with Crippen molar-refractivity contribution < 1.29 is 13.5 Å². The molecule has 19 heavy (non-hydrogen) atoms. The number of hydrogen-bond acceptors (Lipinski definition) is 3. The summed E-state index contributed by atoms with van der Waals surface area (Å²) in [5.74, 6) is 0.180. The number of nitrogens with one attached hydrogen (secondary N) is 1. The van der Waals surface area contributed by atoms with Gasteiger partial charge in [0.2, 0.25) is 0 Å². The Morgan fingerprint density at radius 3 is 2.79 bits per heavy atom. The summed E-state index contributed by atoms with van der Waals surface area (Å²) >= 11 is 5.89. The van der Waals surface area contributed by atoms with Crippen LogP contribution in [0.15, 0.2) is 18.2 Å². The Balaban J connectivity index is 2.66. The molecule has 108 valence electrons. The maximum atomic E-state index is 12.3. The van der Waals surface area contributed by atoms with E-state index in [1.165, 1.54) is 6.07 Å². The quantitative estimate of drug-likeness (QED) is 0.746. The second kappa shape index (κ2) is 8.30. The van der Waals surface area contributed by atoms with Gasteiger partial charge in [-0.3, -0.25) is 0 Å². The molecule has 1 N–H and O–H groups in total. The number of nitrogens with zero attached hydrogens (tertiary/aromatic N) is 1. The van der Waals surface area contributed by atoms with Gasteiger partial charge in [-0.15, -0.1) is 0 Å². The van der Waals surface area contributed by atoms with Crippen molar-refractivity contribution in [1.82, 2.24) is 10.2 Å². The Labute approximate surface area is 117 Å². The van der Waals surface area contributed by atoms with Crippen LogP contribution in [-0.4, -0.2) is 38.7 Å². The molecule has 0 aliphatic rings. The van der Waals surface area contributed by atoms with Crippen LogP contribution in [0, 0.1) is 0 Å². The third kappa shape index (κ3) is 6.18. The van der Waals surface area contributed by atoms with Crippen LogP contribution in [-0.2, 0) is 6.54 Å². The molecule has 0 saturated carbocycles. The smallest absolute Gasteiger partial charge is 0.387 e. The van der Waals surface area contributed by atoms with Crippen LogP contribution in [0.4, 0.5) is 8.78 Å². The number of ether oxygens (including phenoxy) is 1. The highest BCUT2D eigenvalue weighted by molar-refractivity contribution is 6.30. The molecule has 0 spiro atoms. The molecule has 0 radical (unpaired) electrons. The van der Waals surface area contributed by atoms with E-state index in [1.807, 2.05) is 19.0 Å². The van der Waals surface area contributed by atoms with Gasteiger partial charge in [-0.25, -0.2) is 0 Å². The fourth-order valence-electron chi connectivity index (χ4n) is 1.78. The number of benzene rings is 1. The molecule has 1 aromatic rings. The van der Waals surface area contributed by atoms with Gasteiger partial charge < -0.3 is 15.0 Å². The number of rotatable bonds is 8. The van der Waals surface area contributed by atoms with Gasteiger partial charge in [0.1, 0.15) is 5.75 Å². The molecular weight excluding hydrogens is 274 g/mol. The molecule has 0 aromatic heterocycles. The minimum Gasteiger partial charge on any atom is -0.434 e. The highest BCUT2D eigenvalue weighted by atomic mass is 35.5. The van der Waals surface area contributed by atoms with Gasteiger partial charge in [0.05, 0.1) is 0 Å². The minimum atomic E-state index is -2.82. The van der Waals surface area contributed by atoms with Crippen molar-refractivity contribution in [3.63, 3.8) is 0 Å². The zero-order valence-corrected chi connectivity index (χ0v) is 11.9. The molecule has 0 aliphatic heterocycles. The lowest BCUT2D eigenvalue weighted by atomic mass is 10.2. The zero-order valence-electron chi connectivity index (χ0n) is 11.1. The van der Waals surface area contributed by atoms with Gasteiger partial charge >= 0.3 is 6.61 Å². The second-order valence-corrected chi connectivity index (χ2v) is 4.76. The summed E-state index contributed by atoms with van der Waals surface area (Å²) in [6.45, 7) is -0.525. The van der Waals surface area contributed by atoms with Crippen molar-refractivity contribution >= 4 is 11.6 Å². The third-order valence-corrected chi connectivity index (χ3v) is 2.88. The maximum Gasteiger partial charge on any atom is 0.387 e. The van der Waals surface area contributed by atoms with Gasteiger partial charge in [-0.1, -0.05) is 11.6 Å². The van der Waals surface area contributed by atoms with E-state index in [0.29, 0.717) is 17.1 Å². The van der Waals surface area contributed by atoms with Crippen LogP contribution in [0.2, 0.25) is 5.02 Å². The van der Waals surface area contributed by atoms with Gasteiger partial charge in [0, 0.05) is 17.1 Å². The van der Waals surface area contributed by atoms with Crippen molar-refractivity contribution in [2.75, 3.05) is 27.2 Å². The van der Waals surface area contributed by atoms with Crippen LogP contribution in [0.5, 0.6) is 5.75 Å². The predicted molar refractivity (Wildman–Crippen MR) is 73.0 cm³/mol. The largest absolute Gasteiger partial charge is 0.434 e. The SMILES string of the molecule is CNCCCN(C)Cc1cc(Cl)ccc1OC(F)F. The normalized spacial score (nSPS) is 11.3. The van der Waals surface area contributed by atoms with Crippen molar-refractivity contribution in [1.29, 1.82) is 0 Å². The van der Waals surface area contributed by atoms with E-state index in [2.05, 4.69) is 10.1 Å². The first-order valence-electron chi connectivity index (χ1n) is 6.09. The van der Waals surface area contributed by atoms with E-state index in [4.69, 9.17) is 11.6 Å². The molecule has 0 unspecified atom stereocenters. The van der Waals surface area contributed by atoms with Crippen molar-refractivity contribution in [3.05, 3.63) is 28.8 Å². The summed E-state index contributed by atoms with van der Waals surface area (Å²) < 4.78 is 29.1. The topological polar surface area (TPSA) is 24.5 Å². The molecule has 1 aromatic carbocycles. The lowest BCUT2D eigenvalue weighted by Crippen LogP contribution is -2.23. The Bertz CT molecular complexity index is 391.